The number of rotatable bonds is 1. The maximum Gasteiger partial charge on any atom is 0.168 e. The molecule has 0 aromatic heterocycles. The molecule has 0 saturated carbocycles. The van der Waals surface area contributed by atoms with Gasteiger partial charge in [-0.2, -0.15) is 0 Å². The summed E-state index contributed by atoms with van der Waals surface area (Å²) in [7, 11) is 0. The molecule has 4 heteroatoms. The number of phenols is 1. The molecule has 0 amide bonds. The van der Waals surface area contributed by atoms with Crippen LogP contribution < -0.4 is 5.73 Å². The predicted molar refractivity (Wildman–Crippen MR) is 66.4 cm³/mol. The lowest BCUT2D eigenvalue weighted by atomic mass is 9.82. The van der Waals surface area contributed by atoms with Crippen LogP contribution in [0.4, 0.5) is 4.39 Å². The molecule has 0 saturated heterocycles. The van der Waals surface area contributed by atoms with Crippen molar-refractivity contribution in [1.29, 1.82) is 0 Å². The third kappa shape index (κ3) is 2.86. The second-order valence-corrected chi connectivity index (χ2v) is 4.98. The minimum absolute atomic E-state index is 0. The number of hydrogen-bond acceptors (Lipinski definition) is 2. The van der Waals surface area contributed by atoms with Crippen LogP contribution in [-0.4, -0.2) is 5.11 Å². The van der Waals surface area contributed by atoms with Crippen molar-refractivity contribution in [3.8, 4) is 5.75 Å². The first-order valence-corrected chi connectivity index (χ1v) is 4.98. The Hall–Kier alpha value is -0.800. The van der Waals surface area contributed by atoms with Crippen LogP contribution in [0.1, 0.15) is 37.9 Å². The summed E-state index contributed by atoms with van der Waals surface area (Å²) in [5.41, 5.74) is 6.65. The molecule has 1 aromatic carbocycles. The minimum atomic E-state index is -0.577. The molecule has 2 nitrogen and oxygen atoms in total. The zero-order valence-electron chi connectivity index (χ0n) is 10.0. The number of nitrogens with two attached hydrogens (primary N) is 1. The number of benzene rings is 1. The molecule has 16 heavy (non-hydrogen) atoms. The fourth-order valence-corrected chi connectivity index (χ4v) is 1.40. The Bertz CT molecular complexity index is 374. The highest BCUT2D eigenvalue weighted by Gasteiger charge is 2.26. The summed E-state index contributed by atoms with van der Waals surface area (Å²) in [6.45, 7) is 7.47. The van der Waals surface area contributed by atoms with Crippen molar-refractivity contribution in [3.05, 3.63) is 29.1 Å². The normalized spacial score (nSPS) is 13.1. The maximum absolute atomic E-state index is 13.4. The van der Waals surface area contributed by atoms with Gasteiger partial charge in [-0.1, -0.05) is 32.9 Å². The second-order valence-electron chi connectivity index (χ2n) is 4.98. The van der Waals surface area contributed by atoms with E-state index in [4.69, 9.17) is 5.73 Å². The number of halogens is 2. The Kier molecular flexibility index (Phi) is 4.77. The van der Waals surface area contributed by atoms with Gasteiger partial charge in [0, 0.05) is 11.6 Å². The van der Waals surface area contributed by atoms with Gasteiger partial charge in [0.15, 0.2) is 11.6 Å². The fraction of sp³-hybridized carbons (Fsp3) is 0.500. The van der Waals surface area contributed by atoms with Gasteiger partial charge in [-0.05, 0) is 17.9 Å². The lowest BCUT2D eigenvalue weighted by molar-refractivity contribution is 0.313. The van der Waals surface area contributed by atoms with Crippen LogP contribution in [0.2, 0.25) is 0 Å². The molecule has 1 rings (SSSR count). The van der Waals surface area contributed by atoms with E-state index in [2.05, 4.69) is 0 Å². The van der Waals surface area contributed by atoms with Crippen LogP contribution in [0.25, 0.3) is 0 Å². The number of hydrogen-bond donors (Lipinski definition) is 2. The third-order valence-corrected chi connectivity index (χ3v) is 2.61. The number of phenolic OH excluding ortho intramolecular Hbond substituents is 1. The van der Waals surface area contributed by atoms with Gasteiger partial charge in [-0.3, -0.25) is 0 Å². The van der Waals surface area contributed by atoms with Gasteiger partial charge in [-0.15, -0.1) is 12.4 Å². The Morgan fingerprint density at radius 2 is 1.81 bits per heavy atom. The largest absolute Gasteiger partial charge is 0.505 e. The van der Waals surface area contributed by atoms with E-state index in [1.807, 2.05) is 20.8 Å². The lowest BCUT2D eigenvalue weighted by Crippen LogP contribution is -2.26. The van der Waals surface area contributed by atoms with Crippen LogP contribution in [-0.2, 0) is 0 Å². The van der Waals surface area contributed by atoms with E-state index in [1.54, 1.807) is 19.1 Å². The molecule has 3 N–H and O–H groups in total. The van der Waals surface area contributed by atoms with E-state index < -0.39 is 5.82 Å². The molecule has 0 radical (unpaired) electrons. The summed E-state index contributed by atoms with van der Waals surface area (Å²) in [5.74, 6) is -0.898. The highest BCUT2D eigenvalue weighted by molar-refractivity contribution is 5.85. The highest BCUT2D eigenvalue weighted by Crippen LogP contribution is 2.36. The Balaban J connectivity index is 0.00000225. The van der Waals surface area contributed by atoms with Crippen LogP contribution in [0, 0.1) is 18.2 Å². The van der Waals surface area contributed by atoms with Gasteiger partial charge in [0.2, 0.25) is 0 Å². The van der Waals surface area contributed by atoms with Crippen molar-refractivity contribution in [3.63, 3.8) is 0 Å². The zero-order chi connectivity index (χ0) is 11.8. The van der Waals surface area contributed by atoms with Gasteiger partial charge >= 0.3 is 0 Å². The maximum atomic E-state index is 13.4. The summed E-state index contributed by atoms with van der Waals surface area (Å²) in [6.07, 6.45) is 0. The average molecular weight is 248 g/mol. The fourth-order valence-electron chi connectivity index (χ4n) is 1.40. The van der Waals surface area contributed by atoms with Crippen molar-refractivity contribution in [2.24, 2.45) is 11.1 Å². The van der Waals surface area contributed by atoms with E-state index in [0.717, 1.165) is 0 Å². The molecule has 0 unspecified atom stereocenters. The quantitative estimate of drug-likeness (QED) is 0.800. The lowest BCUT2D eigenvalue weighted by Gasteiger charge is -2.28. The van der Waals surface area contributed by atoms with Crippen molar-refractivity contribution in [2.75, 3.05) is 0 Å². The molecule has 0 fully saturated rings. The first-order valence-electron chi connectivity index (χ1n) is 4.98. The predicted octanol–water partition coefficient (Wildman–Crippen LogP) is 3.31. The monoisotopic (exact) mass is 247 g/mol. The Labute approximate surface area is 102 Å². The topological polar surface area (TPSA) is 46.2 Å². The summed E-state index contributed by atoms with van der Waals surface area (Å²) < 4.78 is 13.4. The van der Waals surface area contributed by atoms with Gasteiger partial charge in [0.25, 0.3) is 0 Å². The van der Waals surface area contributed by atoms with Crippen LogP contribution in [0.15, 0.2) is 12.1 Å². The molecule has 0 aliphatic rings. The standard InChI is InChI=1S/C12H18FNO.ClH/c1-7-5-6-8(10(15)9(7)13)11(14)12(2,3)4;/h5-6,11,15H,14H2,1-4H3;1H/t11-;/m1./s1. The Morgan fingerprint density at radius 1 is 1.31 bits per heavy atom. The van der Waals surface area contributed by atoms with E-state index in [9.17, 15) is 9.50 Å². The molecular weight excluding hydrogens is 229 g/mol. The van der Waals surface area contributed by atoms with Crippen molar-refractivity contribution < 1.29 is 9.50 Å². The van der Waals surface area contributed by atoms with Gasteiger partial charge in [0.05, 0.1) is 0 Å². The summed E-state index contributed by atoms with van der Waals surface area (Å²) >= 11 is 0. The van der Waals surface area contributed by atoms with Gasteiger partial charge in [-0.25, -0.2) is 4.39 Å². The molecule has 0 heterocycles. The molecule has 0 spiro atoms. The molecule has 1 aromatic rings. The first-order chi connectivity index (χ1) is 6.75. The third-order valence-electron chi connectivity index (χ3n) is 2.61. The van der Waals surface area contributed by atoms with Gasteiger partial charge in [0.1, 0.15) is 0 Å². The molecule has 0 aliphatic heterocycles. The molecule has 1 atom stereocenters. The van der Waals surface area contributed by atoms with E-state index >= 15 is 0 Å². The van der Waals surface area contributed by atoms with Crippen LogP contribution >= 0.6 is 12.4 Å². The molecular formula is C12H19ClFNO. The van der Waals surface area contributed by atoms with Crippen molar-refractivity contribution in [2.45, 2.75) is 33.7 Å². The van der Waals surface area contributed by atoms with Crippen LogP contribution in [0.5, 0.6) is 5.75 Å². The summed E-state index contributed by atoms with van der Waals surface area (Å²) in [4.78, 5) is 0. The first kappa shape index (κ1) is 15.2. The number of aryl methyl sites for hydroxylation is 1. The molecule has 92 valence electrons. The zero-order valence-corrected chi connectivity index (χ0v) is 10.9. The van der Waals surface area contributed by atoms with Gasteiger partial charge < -0.3 is 10.8 Å². The minimum Gasteiger partial charge on any atom is -0.505 e. The summed E-state index contributed by atoms with van der Waals surface area (Å²) in [6, 6.07) is 2.94. The molecule has 0 aliphatic carbocycles. The SMILES string of the molecule is Cc1ccc([C@@H](N)C(C)(C)C)c(O)c1F.Cl. The molecule has 0 bridgehead atoms. The van der Waals surface area contributed by atoms with E-state index in [0.29, 0.717) is 11.1 Å². The Morgan fingerprint density at radius 3 is 2.25 bits per heavy atom. The van der Waals surface area contributed by atoms with E-state index in [1.165, 1.54) is 0 Å². The van der Waals surface area contributed by atoms with Crippen molar-refractivity contribution >= 4 is 12.4 Å². The van der Waals surface area contributed by atoms with E-state index in [-0.39, 0.29) is 29.6 Å². The van der Waals surface area contributed by atoms with Crippen molar-refractivity contribution in [1.82, 2.24) is 0 Å². The number of aromatic hydroxyl groups is 1. The second kappa shape index (κ2) is 5.02. The van der Waals surface area contributed by atoms with Crippen LogP contribution in [0.3, 0.4) is 0 Å². The summed E-state index contributed by atoms with van der Waals surface area (Å²) in [5, 5.41) is 9.66. The highest BCUT2D eigenvalue weighted by atomic mass is 35.5. The average Bonchev–Trinajstić information content (AvgIpc) is 2.12. The smallest absolute Gasteiger partial charge is 0.168 e.